The molecule has 1 fully saturated rings. The lowest BCUT2D eigenvalue weighted by molar-refractivity contribution is 0.101. The average Bonchev–Trinajstić information content (AvgIpc) is 2.64. The van der Waals surface area contributed by atoms with Crippen molar-refractivity contribution in [2.75, 3.05) is 19.6 Å². The Kier molecular flexibility index (Phi) is 5.27. The highest BCUT2D eigenvalue weighted by molar-refractivity contribution is 5.94. The number of likely N-dealkylation sites (tertiary alicyclic amines) is 1. The molecule has 0 aromatic heterocycles. The average molecular weight is 319 g/mol. The smallest absolute Gasteiger partial charge is 0.159 e. The van der Waals surface area contributed by atoms with E-state index >= 15 is 0 Å². The van der Waals surface area contributed by atoms with Gasteiger partial charge in [-0.15, -0.1) is 0 Å². The van der Waals surface area contributed by atoms with Crippen LogP contribution in [-0.2, 0) is 0 Å². The number of Topliss-reactive ketones (excluding diaryl/α,β-unsaturated/α-hetero) is 1. The second-order valence-electron chi connectivity index (χ2n) is 6.41. The first-order valence-corrected chi connectivity index (χ1v) is 8.80. The number of carbonyl (C=O) groups is 1. The van der Waals surface area contributed by atoms with E-state index in [1.165, 1.54) is 22.3 Å². The summed E-state index contributed by atoms with van der Waals surface area (Å²) in [6, 6.07) is 18.7. The Morgan fingerprint density at radius 3 is 1.96 bits per heavy atom. The van der Waals surface area contributed by atoms with Gasteiger partial charge in [-0.2, -0.15) is 0 Å². The second-order valence-corrected chi connectivity index (χ2v) is 6.41. The summed E-state index contributed by atoms with van der Waals surface area (Å²) in [5, 5.41) is 0. The lowest BCUT2D eigenvalue weighted by Gasteiger charge is -2.29. The van der Waals surface area contributed by atoms with Gasteiger partial charge in [-0.05, 0) is 43.0 Å². The lowest BCUT2D eigenvalue weighted by Crippen LogP contribution is -2.30. The van der Waals surface area contributed by atoms with Crippen LogP contribution in [0, 0.1) is 0 Å². The number of hydrogen-bond donors (Lipinski definition) is 0. The highest BCUT2D eigenvalue weighted by atomic mass is 16.1. The van der Waals surface area contributed by atoms with Crippen molar-refractivity contribution in [3.05, 3.63) is 76.9 Å². The highest BCUT2D eigenvalue weighted by Gasteiger charge is 2.18. The van der Waals surface area contributed by atoms with Gasteiger partial charge >= 0.3 is 0 Å². The first kappa shape index (κ1) is 16.7. The largest absolute Gasteiger partial charge is 0.303 e. The van der Waals surface area contributed by atoms with Gasteiger partial charge < -0.3 is 4.90 Å². The molecule has 3 rings (SSSR count). The summed E-state index contributed by atoms with van der Waals surface area (Å²) in [5.41, 5.74) is 6.14. The van der Waals surface area contributed by atoms with Crippen LogP contribution in [0.4, 0.5) is 0 Å². The maximum Gasteiger partial charge on any atom is 0.159 e. The minimum absolute atomic E-state index is 0.117. The molecule has 0 atom stereocenters. The fourth-order valence-electron chi connectivity index (χ4n) is 3.44. The number of carbonyl (C=O) groups excluding carboxylic acids is 1. The first-order chi connectivity index (χ1) is 11.7. The van der Waals surface area contributed by atoms with Crippen molar-refractivity contribution in [2.24, 2.45) is 0 Å². The van der Waals surface area contributed by atoms with Crippen molar-refractivity contribution >= 4 is 11.4 Å². The zero-order chi connectivity index (χ0) is 16.9. The van der Waals surface area contributed by atoms with E-state index in [0.717, 1.165) is 38.0 Å². The third-order valence-electron chi connectivity index (χ3n) is 4.90. The molecule has 0 N–H and O–H groups in total. The van der Waals surface area contributed by atoms with Crippen LogP contribution in [0.15, 0.2) is 60.2 Å². The Bertz CT molecular complexity index is 718. The molecule has 2 aromatic carbocycles. The minimum Gasteiger partial charge on any atom is -0.303 e. The van der Waals surface area contributed by atoms with Crippen molar-refractivity contribution in [2.45, 2.75) is 26.7 Å². The molecular formula is C22H25NO. The summed E-state index contributed by atoms with van der Waals surface area (Å²) in [4.78, 5) is 14.1. The number of ketones is 1. The van der Waals surface area contributed by atoms with E-state index in [1.807, 2.05) is 12.1 Å². The summed E-state index contributed by atoms with van der Waals surface area (Å²) in [7, 11) is 0. The predicted octanol–water partition coefficient (Wildman–Crippen LogP) is 4.81. The van der Waals surface area contributed by atoms with Crippen LogP contribution in [0.1, 0.15) is 48.2 Å². The van der Waals surface area contributed by atoms with Gasteiger partial charge in [0.1, 0.15) is 0 Å². The molecule has 1 aliphatic heterocycles. The van der Waals surface area contributed by atoms with E-state index in [-0.39, 0.29) is 5.78 Å². The zero-order valence-corrected chi connectivity index (χ0v) is 14.6. The van der Waals surface area contributed by atoms with E-state index in [1.54, 1.807) is 6.92 Å². The maximum absolute atomic E-state index is 11.5. The minimum atomic E-state index is 0.117. The number of hydrogen-bond acceptors (Lipinski definition) is 2. The maximum atomic E-state index is 11.5. The molecule has 1 aliphatic rings. The SMILES string of the molecule is CCN1CCC(=C(c2ccccc2)c2ccc(C(C)=O)cc2)CC1. The molecule has 0 spiro atoms. The van der Waals surface area contributed by atoms with Crippen LogP contribution in [0.2, 0.25) is 0 Å². The van der Waals surface area contributed by atoms with Crippen molar-refractivity contribution in [3.8, 4) is 0 Å². The molecule has 0 radical (unpaired) electrons. The van der Waals surface area contributed by atoms with Gasteiger partial charge in [0, 0.05) is 18.7 Å². The van der Waals surface area contributed by atoms with Crippen LogP contribution >= 0.6 is 0 Å². The Balaban J connectivity index is 2.01. The van der Waals surface area contributed by atoms with E-state index < -0.39 is 0 Å². The van der Waals surface area contributed by atoms with Crippen LogP contribution in [0.3, 0.4) is 0 Å². The summed E-state index contributed by atoms with van der Waals surface area (Å²) in [5.74, 6) is 0.117. The number of rotatable bonds is 4. The van der Waals surface area contributed by atoms with Crippen LogP contribution in [0.25, 0.3) is 5.57 Å². The van der Waals surface area contributed by atoms with E-state index in [2.05, 4.69) is 54.3 Å². The van der Waals surface area contributed by atoms with Gasteiger partial charge in [0.05, 0.1) is 0 Å². The molecule has 2 heteroatoms. The Labute approximate surface area is 144 Å². The van der Waals surface area contributed by atoms with Gasteiger partial charge in [0.15, 0.2) is 5.78 Å². The highest BCUT2D eigenvalue weighted by Crippen LogP contribution is 2.32. The molecule has 124 valence electrons. The third-order valence-corrected chi connectivity index (χ3v) is 4.90. The van der Waals surface area contributed by atoms with Gasteiger partial charge in [-0.25, -0.2) is 0 Å². The Morgan fingerprint density at radius 1 is 0.875 bits per heavy atom. The third kappa shape index (κ3) is 3.65. The molecule has 1 heterocycles. The molecule has 2 nitrogen and oxygen atoms in total. The molecule has 0 bridgehead atoms. The van der Waals surface area contributed by atoms with Crippen molar-refractivity contribution in [1.82, 2.24) is 4.90 Å². The van der Waals surface area contributed by atoms with Crippen molar-refractivity contribution in [3.63, 3.8) is 0 Å². The van der Waals surface area contributed by atoms with Crippen molar-refractivity contribution < 1.29 is 4.79 Å². The number of nitrogens with zero attached hydrogens (tertiary/aromatic N) is 1. The van der Waals surface area contributed by atoms with Crippen LogP contribution in [-0.4, -0.2) is 30.3 Å². The Morgan fingerprint density at radius 2 is 1.42 bits per heavy atom. The number of benzene rings is 2. The molecule has 1 saturated heterocycles. The first-order valence-electron chi connectivity index (χ1n) is 8.80. The van der Waals surface area contributed by atoms with Crippen molar-refractivity contribution in [1.29, 1.82) is 0 Å². The molecule has 2 aromatic rings. The zero-order valence-electron chi connectivity index (χ0n) is 14.6. The lowest BCUT2D eigenvalue weighted by atomic mass is 9.88. The molecule has 0 saturated carbocycles. The van der Waals surface area contributed by atoms with E-state index in [4.69, 9.17) is 0 Å². The summed E-state index contributed by atoms with van der Waals surface area (Å²) >= 11 is 0. The van der Waals surface area contributed by atoms with Gasteiger partial charge in [0.25, 0.3) is 0 Å². The topological polar surface area (TPSA) is 20.3 Å². The van der Waals surface area contributed by atoms with E-state index in [0.29, 0.717) is 0 Å². The molecule has 0 unspecified atom stereocenters. The molecule has 0 amide bonds. The van der Waals surface area contributed by atoms with Crippen LogP contribution in [0.5, 0.6) is 0 Å². The summed E-state index contributed by atoms with van der Waals surface area (Å²) in [6.45, 7) is 7.24. The van der Waals surface area contributed by atoms with Gasteiger partial charge in [0.2, 0.25) is 0 Å². The second kappa shape index (κ2) is 7.59. The molecular weight excluding hydrogens is 294 g/mol. The van der Waals surface area contributed by atoms with E-state index in [9.17, 15) is 4.79 Å². The number of piperidine rings is 1. The quantitative estimate of drug-likeness (QED) is 0.754. The fraction of sp³-hybridized carbons (Fsp3) is 0.318. The molecule has 24 heavy (non-hydrogen) atoms. The summed E-state index contributed by atoms with van der Waals surface area (Å²) in [6.07, 6.45) is 2.24. The predicted molar refractivity (Wildman–Crippen MR) is 100 cm³/mol. The monoisotopic (exact) mass is 319 g/mol. The standard InChI is InChI=1S/C22H25NO/c1-3-23-15-13-21(14-16-23)22(19-7-5-4-6-8-19)20-11-9-18(10-12-20)17(2)24/h4-12H,3,13-16H2,1-2H3. The molecule has 0 aliphatic carbocycles. The normalized spacial score (nSPS) is 15.3. The van der Waals surface area contributed by atoms with Gasteiger partial charge in [-0.3, -0.25) is 4.79 Å². The Hall–Kier alpha value is -2.19. The van der Waals surface area contributed by atoms with Crippen LogP contribution < -0.4 is 0 Å². The summed E-state index contributed by atoms with van der Waals surface area (Å²) < 4.78 is 0. The van der Waals surface area contributed by atoms with Gasteiger partial charge in [-0.1, -0.05) is 67.1 Å². The fourth-order valence-corrected chi connectivity index (χ4v) is 3.44.